The standard InChI is InChI=1S/C20H16ClFN4O6S/c1-23-20(32-18(29)8-7-17(27)28)14-10-16(33(30,31)12-4-3-9-24-11-12)26(25-14)15-6-2-5-13(22)19(15)21/h2-11,20,23H,1H3,(H,27,28)/b8-7+. The summed E-state index contributed by atoms with van der Waals surface area (Å²) in [5, 5.41) is 14.7. The Hall–Kier alpha value is -3.61. The Morgan fingerprint density at radius 3 is 2.67 bits per heavy atom. The van der Waals surface area contributed by atoms with Gasteiger partial charge in [-0.2, -0.15) is 5.10 Å². The number of hydrogen-bond acceptors (Lipinski definition) is 8. The molecule has 0 saturated carbocycles. The average molecular weight is 495 g/mol. The number of carboxylic acid groups (broad SMARTS) is 1. The largest absolute Gasteiger partial charge is 0.478 e. The molecule has 1 atom stereocenters. The van der Waals surface area contributed by atoms with Gasteiger partial charge in [0.25, 0.3) is 0 Å². The van der Waals surface area contributed by atoms with Crippen LogP contribution in [0.25, 0.3) is 5.69 Å². The third-order valence-corrected chi connectivity index (χ3v) is 6.28. The van der Waals surface area contributed by atoms with Crippen molar-refractivity contribution < 1.29 is 32.2 Å². The van der Waals surface area contributed by atoms with Crippen molar-refractivity contribution in [2.24, 2.45) is 0 Å². The first-order chi connectivity index (χ1) is 15.6. The molecule has 3 aromatic rings. The van der Waals surface area contributed by atoms with E-state index >= 15 is 0 Å². The van der Waals surface area contributed by atoms with Crippen LogP contribution in [0.15, 0.2) is 70.9 Å². The molecule has 0 aliphatic rings. The molecule has 0 aliphatic heterocycles. The summed E-state index contributed by atoms with van der Waals surface area (Å²) in [5.41, 5.74) is -0.144. The highest BCUT2D eigenvalue weighted by Crippen LogP contribution is 2.30. The van der Waals surface area contributed by atoms with Crippen molar-refractivity contribution in [2.45, 2.75) is 16.1 Å². The lowest BCUT2D eigenvalue weighted by atomic mass is 10.3. The summed E-state index contributed by atoms with van der Waals surface area (Å²) in [6.45, 7) is 0. The minimum atomic E-state index is -4.22. The molecule has 3 rings (SSSR count). The Bertz CT molecular complexity index is 1330. The van der Waals surface area contributed by atoms with Gasteiger partial charge in [-0.1, -0.05) is 17.7 Å². The number of rotatable bonds is 8. The van der Waals surface area contributed by atoms with Crippen molar-refractivity contribution in [3.8, 4) is 5.69 Å². The zero-order valence-electron chi connectivity index (χ0n) is 16.8. The van der Waals surface area contributed by atoms with Gasteiger partial charge in [0.1, 0.15) is 16.5 Å². The SMILES string of the molecule is CNC(OC(=O)/C=C/C(=O)O)c1cc(S(=O)(=O)c2cccnc2)n(-c2cccc(F)c2Cl)n1. The van der Waals surface area contributed by atoms with E-state index in [1.165, 1.54) is 37.5 Å². The van der Waals surface area contributed by atoms with Gasteiger partial charge < -0.3 is 9.84 Å². The minimum Gasteiger partial charge on any atom is -0.478 e. The van der Waals surface area contributed by atoms with Gasteiger partial charge in [0.05, 0.1) is 10.6 Å². The predicted octanol–water partition coefficient (Wildman–Crippen LogP) is 2.29. The van der Waals surface area contributed by atoms with E-state index in [1.807, 2.05) is 0 Å². The Kier molecular flexibility index (Phi) is 7.21. The van der Waals surface area contributed by atoms with Crippen LogP contribution < -0.4 is 5.32 Å². The molecule has 2 heterocycles. The van der Waals surface area contributed by atoms with Crippen LogP contribution in [0.4, 0.5) is 4.39 Å². The Morgan fingerprint density at radius 2 is 2.03 bits per heavy atom. The first-order valence-electron chi connectivity index (χ1n) is 9.13. The van der Waals surface area contributed by atoms with Gasteiger partial charge >= 0.3 is 11.9 Å². The molecule has 10 nitrogen and oxygen atoms in total. The fourth-order valence-corrected chi connectivity index (χ4v) is 4.27. The number of carbonyl (C=O) groups is 2. The molecule has 0 aliphatic carbocycles. The number of carboxylic acids is 1. The highest BCUT2D eigenvalue weighted by molar-refractivity contribution is 7.91. The van der Waals surface area contributed by atoms with Crippen LogP contribution >= 0.6 is 11.6 Å². The number of aliphatic carboxylic acids is 1. The molecule has 0 bridgehead atoms. The molecule has 0 radical (unpaired) electrons. The normalized spacial score (nSPS) is 12.6. The van der Waals surface area contributed by atoms with Crippen LogP contribution in [0.5, 0.6) is 0 Å². The molecule has 13 heteroatoms. The van der Waals surface area contributed by atoms with E-state index in [1.54, 1.807) is 0 Å². The highest BCUT2D eigenvalue weighted by Gasteiger charge is 2.29. The number of pyridine rings is 1. The lowest BCUT2D eigenvalue weighted by Crippen LogP contribution is -2.23. The van der Waals surface area contributed by atoms with E-state index in [9.17, 15) is 22.4 Å². The maximum Gasteiger partial charge on any atom is 0.332 e. The van der Waals surface area contributed by atoms with E-state index in [-0.39, 0.29) is 21.3 Å². The van der Waals surface area contributed by atoms with Crippen LogP contribution in [0.2, 0.25) is 5.02 Å². The van der Waals surface area contributed by atoms with Crippen molar-refractivity contribution in [1.82, 2.24) is 20.1 Å². The molecule has 172 valence electrons. The molecule has 2 N–H and O–H groups in total. The zero-order chi connectivity index (χ0) is 24.2. The smallest absolute Gasteiger partial charge is 0.332 e. The number of sulfone groups is 1. The second kappa shape index (κ2) is 9.90. The number of aromatic nitrogens is 3. The number of nitrogens with zero attached hydrogens (tertiary/aromatic N) is 3. The van der Waals surface area contributed by atoms with E-state index in [4.69, 9.17) is 21.4 Å². The molecule has 1 unspecified atom stereocenters. The summed E-state index contributed by atoms with van der Waals surface area (Å²) >= 11 is 6.07. The van der Waals surface area contributed by atoms with E-state index in [0.29, 0.717) is 12.2 Å². The molecule has 0 spiro atoms. The molecule has 1 aromatic carbocycles. The average Bonchev–Trinajstić information content (AvgIpc) is 3.24. The number of ether oxygens (including phenoxy) is 1. The summed E-state index contributed by atoms with van der Waals surface area (Å²) in [5.74, 6) is -3.18. The van der Waals surface area contributed by atoms with Gasteiger partial charge in [0.15, 0.2) is 11.3 Å². The Labute approximate surface area is 192 Å². The molecule has 2 aromatic heterocycles. The molecular weight excluding hydrogens is 479 g/mol. The van der Waals surface area contributed by atoms with Gasteiger partial charge in [0, 0.05) is 30.6 Å². The van der Waals surface area contributed by atoms with Crippen molar-refractivity contribution in [3.63, 3.8) is 0 Å². The summed E-state index contributed by atoms with van der Waals surface area (Å²) in [6, 6.07) is 7.65. The highest BCUT2D eigenvalue weighted by atomic mass is 35.5. The van der Waals surface area contributed by atoms with E-state index < -0.39 is 38.8 Å². The third kappa shape index (κ3) is 5.25. The first kappa shape index (κ1) is 24.0. The number of esters is 1. The van der Waals surface area contributed by atoms with Crippen molar-refractivity contribution in [3.05, 3.63) is 77.5 Å². The molecule has 33 heavy (non-hydrogen) atoms. The maximum atomic E-state index is 14.1. The topological polar surface area (TPSA) is 140 Å². The number of hydrogen-bond donors (Lipinski definition) is 2. The van der Waals surface area contributed by atoms with Crippen LogP contribution in [0, 0.1) is 5.82 Å². The third-order valence-electron chi connectivity index (χ3n) is 4.20. The molecule has 0 saturated heterocycles. The van der Waals surface area contributed by atoms with Gasteiger partial charge in [0.2, 0.25) is 9.84 Å². The summed E-state index contributed by atoms with van der Waals surface area (Å²) in [7, 11) is -2.82. The lowest BCUT2D eigenvalue weighted by molar-refractivity contribution is -0.145. The monoisotopic (exact) mass is 494 g/mol. The number of halogens is 2. The van der Waals surface area contributed by atoms with Crippen molar-refractivity contribution in [1.29, 1.82) is 0 Å². The van der Waals surface area contributed by atoms with E-state index in [0.717, 1.165) is 23.0 Å². The van der Waals surface area contributed by atoms with Gasteiger partial charge in [-0.05, 0) is 31.3 Å². The first-order valence-corrected chi connectivity index (χ1v) is 11.0. The summed E-state index contributed by atoms with van der Waals surface area (Å²) in [6.07, 6.45) is 2.52. The van der Waals surface area contributed by atoms with Gasteiger partial charge in [-0.3, -0.25) is 10.3 Å². The van der Waals surface area contributed by atoms with Crippen LogP contribution in [0.3, 0.4) is 0 Å². The predicted molar refractivity (Wildman–Crippen MR) is 113 cm³/mol. The van der Waals surface area contributed by atoms with Crippen LogP contribution in [-0.4, -0.2) is 47.3 Å². The molecular formula is C20H16ClFN4O6S. The number of nitrogens with one attached hydrogen (secondary N) is 1. The minimum absolute atomic E-state index is 0.0719. The van der Waals surface area contributed by atoms with Crippen LogP contribution in [-0.2, 0) is 24.2 Å². The van der Waals surface area contributed by atoms with Crippen molar-refractivity contribution >= 4 is 33.4 Å². The summed E-state index contributed by atoms with van der Waals surface area (Å²) < 4.78 is 46.7. The van der Waals surface area contributed by atoms with E-state index in [2.05, 4.69) is 15.4 Å². The Balaban J connectivity index is 2.15. The Morgan fingerprint density at radius 1 is 1.27 bits per heavy atom. The van der Waals surface area contributed by atoms with Gasteiger partial charge in [-0.15, -0.1) is 0 Å². The fraction of sp³-hybridized carbons (Fsp3) is 0.100. The second-order valence-corrected chi connectivity index (χ2v) is 8.64. The lowest BCUT2D eigenvalue weighted by Gasteiger charge is -2.13. The quantitative estimate of drug-likeness (QED) is 0.274. The number of carbonyl (C=O) groups excluding carboxylic acids is 1. The molecule has 0 fully saturated rings. The maximum absolute atomic E-state index is 14.1. The zero-order valence-corrected chi connectivity index (χ0v) is 18.4. The summed E-state index contributed by atoms with van der Waals surface area (Å²) in [4.78, 5) is 26.2. The molecule has 0 amide bonds. The second-order valence-electron chi connectivity index (χ2n) is 6.36. The number of benzene rings is 1. The van der Waals surface area contributed by atoms with Gasteiger partial charge in [-0.25, -0.2) is 27.1 Å². The van der Waals surface area contributed by atoms with Crippen molar-refractivity contribution in [2.75, 3.05) is 7.05 Å². The van der Waals surface area contributed by atoms with Crippen LogP contribution in [0.1, 0.15) is 11.9 Å². The fourth-order valence-electron chi connectivity index (χ4n) is 2.72.